The van der Waals surface area contributed by atoms with Crippen LogP contribution in [0.3, 0.4) is 0 Å². The molecule has 8 nitrogen and oxygen atoms in total. The van der Waals surface area contributed by atoms with Crippen LogP contribution in [0.4, 0.5) is 5.69 Å². The highest BCUT2D eigenvalue weighted by Crippen LogP contribution is 2.25. The molecule has 1 aromatic heterocycles. The van der Waals surface area contributed by atoms with Gasteiger partial charge in [-0.3, -0.25) is 14.6 Å². The van der Waals surface area contributed by atoms with Crippen molar-refractivity contribution in [1.82, 2.24) is 9.29 Å². The predicted molar refractivity (Wildman–Crippen MR) is 119 cm³/mol. The highest BCUT2D eigenvalue weighted by atomic mass is 32.2. The highest BCUT2D eigenvalue weighted by Gasteiger charge is 2.26. The van der Waals surface area contributed by atoms with E-state index in [-0.39, 0.29) is 30.3 Å². The third-order valence-electron chi connectivity index (χ3n) is 4.82. The van der Waals surface area contributed by atoms with Crippen molar-refractivity contribution >= 4 is 38.4 Å². The molecule has 31 heavy (non-hydrogen) atoms. The number of rotatable bonds is 8. The number of fused-ring (bicyclic) bond motifs is 1. The maximum absolute atomic E-state index is 13.2. The fourth-order valence-corrected chi connectivity index (χ4v) is 4.82. The third-order valence-corrected chi connectivity index (χ3v) is 6.83. The Hall–Kier alpha value is -3.30. The molecule has 9 heteroatoms. The van der Waals surface area contributed by atoms with E-state index in [2.05, 4.69) is 10.3 Å². The zero-order valence-corrected chi connectivity index (χ0v) is 18.1. The molecule has 0 atom stereocenters. The van der Waals surface area contributed by atoms with Crippen molar-refractivity contribution in [2.24, 2.45) is 5.73 Å². The summed E-state index contributed by atoms with van der Waals surface area (Å²) < 4.78 is 27.8. The Morgan fingerprint density at radius 2 is 1.84 bits per heavy atom. The average molecular weight is 441 g/mol. The van der Waals surface area contributed by atoms with Crippen LogP contribution in [0.5, 0.6) is 0 Å². The number of aromatic nitrogens is 1. The molecule has 3 N–H and O–H groups in total. The number of anilines is 1. The van der Waals surface area contributed by atoms with Gasteiger partial charge in [0.05, 0.1) is 5.52 Å². The van der Waals surface area contributed by atoms with E-state index in [9.17, 15) is 18.0 Å². The Kier molecular flexibility index (Phi) is 6.67. The van der Waals surface area contributed by atoms with Crippen LogP contribution in [0, 0.1) is 6.92 Å². The Morgan fingerprint density at radius 1 is 1.13 bits per heavy atom. The molecular formula is C22H24N4O4S. The minimum atomic E-state index is -3.83. The minimum absolute atomic E-state index is 0.0201. The van der Waals surface area contributed by atoms with Gasteiger partial charge in [0.15, 0.2) is 0 Å². The SMILES string of the molecule is CCN(CCC(=O)Nc1ccc(C(N)=O)cc1)S(=O)(=O)c1cccc2cc(C)cnc12. The van der Waals surface area contributed by atoms with Gasteiger partial charge in [-0.25, -0.2) is 8.42 Å². The number of para-hydroxylation sites is 1. The Morgan fingerprint density at radius 3 is 2.48 bits per heavy atom. The first-order valence-electron chi connectivity index (χ1n) is 9.77. The van der Waals surface area contributed by atoms with Crippen molar-refractivity contribution < 1.29 is 18.0 Å². The number of carbonyl (C=O) groups is 2. The Bertz CT molecular complexity index is 1220. The van der Waals surface area contributed by atoms with Crippen molar-refractivity contribution in [3.05, 3.63) is 65.9 Å². The summed E-state index contributed by atoms with van der Waals surface area (Å²) in [6, 6.07) is 13.1. The largest absolute Gasteiger partial charge is 0.366 e. The van der Waals surface area contributed by atoms with Gasteiger partial charge in [0, 0.05) is 42.3 Å². The number of amides is 2. The van der Waals surface area contributed by atoms with Crippen LogP contribution in [0.15, 0.2) is 59.6 Å². The second kappa shape index (κ2) is 9.23. The van der Waals surface area contributed by atoms with Gasteiger partial charge in [0.25, 0.3) is 0 Å². The number of benzene rings is 2. The zero-order chi connectivity index (χ0) is 22.6. The predicted octanol–water partition coefficient (Wildman–Crippen LogP) is 2.68. The van der Waals surface area contributed by atoms with E-state index in [0.29, 0.717) is 16.8 Å². The molecule has 2 aromatic carbocycles. The van der Waals surface area contributed by atoms with E-state index >= 15 is 0 Å². The summed E-state index contributed by atoms with van der Waals surface area (Å²) in [5, 5.41) is 3.43. The van der Waals surface area contributed by atoms with Gasteiger partial charge < -0.3 is 11.1 Å². The van der Waals surface area contributed by atoms with Crippen LogP contribution < -0.4 is 11.1 Å². The molecule has 0 bridgehead atoms. The second-order valence-corrected chi connectivity index (χ2v) is 8.98. The van der Waals surface area contributed by atoms with Crippen LogP contribution in [0.2, 0.25) is 0 Å². The van der Waals surface area contributed by atoms with E-state index in [4.69, 9.17) is 5.73 Å². The van der Waals surface area contributed by atoms with Gasteiger partial charge in [-0.15, -0.1) is 0 Å². The first kappa shape index (κ1) is 22.4. The topological polar surface area (TPSA) is 122 Å². The van der Waals surface area contributed by atoms with Crippen LogP contribution in [0.25, 0.3) is 10.9 Å². The first-order chi connectivity index (χ1) is 14.7. The van der Waals surface area contributed by atoms with Crippen molar-refractivity contribution in [2.75, 3.05) is 18.4 Å². The number of aryl methyl sites for hydroxylation is 1. The lowest BCUT2D eigenvalue weighted by Gasteiger charge is -2.21. The molecule has 2 amide bonds. The van der Waals surface area contributed by atoms with Gasteiger partial charge in [-0.2, -0.15) is 4.31 Å². The maximum atomic E-state index is 13.2. The van der Waals surface area contributed by atoms with E-state index in [1.165, 1.54) is 22.5 Å². The van der Waals surface area contributed by atoms with Crippen LogP contribution in [-0.4, -0.2) is 42.6 Å². The lowest BCUT2D eigenvalue weighted by molar-refractivity contribution is -0.116. The number of sulfonamides is 1. The van der Waals surface area contributed by atoms with Gasteiger partial charge >= 0.3 is 0 Å². The number of nitrogens with zero attached hydrogens (tertiary/aromatic N) is 2. The summed E-state index contributed by atoms with van der Waals surface area (Å²) in [5.41, 5.74) is 7.37. The summed E-state index contributed by atoms with van der Waals surface area (Å²) in [6.07, 6.45) is 1.61. The number of hydrogen-bond donors (Lipinski definition) is 2. The lowest BCUT2D eigenvalue weighted by atomic mass is 10.2. The molecule has 0 saturated carbocycles. The molecule has 0 aliphatic rings. The smallest absolute Gasteiger partial charge is 0.248 e. The van der Waals surface area contributed by atoms with Crippen molar-refractivity contribution in [3.63, 3.8) is 0 Å². The quantitative estimate of drug-likeness (QED) is 0.558. The molecule has 0 fully saturated rings. The molecule has 3 rings (SSSR count). The summed E-state index contributed by atoms with van der Waals surface area (Å²) in [6.45, 7) is 3.85. The van der Waals surface area contributed by atoms with E-state index in [1.807, 2.05) is 19.1 Å². The van der Waals surface area contributed by atoms with E-state index < -0.39 is 15.9 Å². The standard InChI is InChI=1S/C22H24N4O4S/c1-3-26(12-11-20(27)25-18-9-7-16(8-10-18)22(23)28)31(29,30)19-6-4-5-17-13-15(2)14-24-21(17)19/h4-10,13-14H,3,11-12H2,1-2H3,(H2,23,28)(H,25,27). The molecule has 1 heterocycles. The number of pyridine rings is 1. The summed E-state index contributed by atoms with van der Waals surface area (Å²) >= 11 is 0. The fraction of sp³-hybridized carbons (Fsp3) is 0.227. The number of nitrogens with two attached hydrogens (primary N) is 1. The first-order valence-corrected chi connectivity index (χ1v) is 11.2. The number of hydrogen-bond acceptors (Lipinski definition) is 5. The average Bonchev–Trinajstić information content (AvgIpc) is 2.73. The monoisotopic (exact) mass is 440 g/mol. The molecule has 0 radical (unpaired) electrons. The molecule has 162 valence electrons. The van der Waals surface area contributed by atoms with E-state index in [1.54, 1.807) is 31.3 Å². The normalized spacial score (nSPS) is 11.6. The van der Waals surface area contributed by atoms with Gasteiger partial charge in [0.2, 0.25) is 21.8 Å². The van der Waals surface area contributed by atoms with Crippen LogP contribution in [0.1, 0.15) is 29.3 Å². The number of nitrogens with one attached hydrogen (secondary N) is 1. The van der Waals surface area contributed by atoms with Crippen molar-refractivity contribution in [2.45, 2.75) is 25.2 Å². The highest BCUT2D eigenvalue weighted by molar-refractivity contribution is 7.89. The molecule has 0 spiro atoms. The van der Waals surface area contributed by atoms with Gasteiger partial charge in [0.1, 0.15) is 4.90 Å². The van der Waals surface area contributed by atoms with E-state index in [0.717, 1.165) is 10.9 Å². The van der Waals surface area contributed by atoms with Crippen molar-refractivity contribution in [3.8, 4) is 0 Å². The lowest BCUT2D eigenvalue weighted by Crippen LogP contribution is -2.34. The summed E-state index contributed by atoms with van der Waals surface area (Å²) in [4.78, 5) is 27.9. The van der Waals surface area contributed by atoms with Gasteiger partial charge in [-0.05, 0) is 48.9 Å². The number of carbonyl (C=O) groups excluding carboxylic acids is 2. The van der Waals surface area contributed by atoms with Crippen LogP contribution in [-0.2, 0) is 14.8 Å². The molecule has 0 aliphatic carbocycles. The van der Waals surface area contributed by atoms with Gasteiger partial charge in [-0.1, -0.05) is 19.1 Å². The number of primary amides is 1. The molecular weight excluding hydrogens is 416 g/mol. The summed E-state index contributed by atoms with van der Waals surface area (Å²) in [7, 11) is -3.83. The third kappa shape index (κ3) is 5.07. The second-order valence-electron chi connectivity index (χ2n) is 7.08. The molecule has 0 saturated heterocycles. The van der Waals surface area contributed by atoms with Crippen LogP contribution >= 0.6 is 0 Å². The molecule has 0 unspecified atom stereocenters. The zero-order valence-electron chi connectivity index (χ0n) is 17.3. The fourth-order valence-electron chi connectivity index (χ4n) is 3.21. The Labute approximate surface area is 181 Å². The van der Waals surface area contributed by atoms with Crippen molar-refractivity contribution in [1.29, 1.82) is 0 Å². The molecule has 3 aromatic rings. The Balaban J connectivity index is 1.73. The minimum Gasteiger partial charge on any atom is -0.366 e. The summed E-state index contributed by atoms with van der Waals surface area (Å²) in [5.74, 6) is -0.896. The molecule has 0 aliphatic heterocycles. The maximum Gasteiger partial charge on any atom is 0.248 e.